The third-order valence-electron chi connectivity index (χ3n) is 4.83. The van der Waals surface area contributed by atoms with E-state index in [1.807, 2.05) is 31.2 Å². The predicted octanol–water partition coefficient (Wildman–Crippen LogP) is 3.47. The van der Waals surface area contributed by atoms with Crippen molar-refractivity contribution in [3.05, 3.63) is 104 Å². The standard InChI is InChI=1S/C24H21N3O4/c1-16-10-12-17(13-11-16)15-31-22-18(6-5-9-21(22)30-2)14-25-27-23(28)19-7-3-4-8-20(19)26-24(27)29/h3-14H,15H2,1-2H3,(H,26,29). The second-order valence-electron chi connectivity index (χ2n) is 6.99. The van der Waals surface area contributed by atoms with Gasteiger partial charge in [0.1, 0.15) is 6.61 Å². The number of hydrogen-bond acceptors (Lipinski definition) is 5. The van der Waals surface area contributed by atoms with E-state index in [0.29, 0.717) is 34.6 Å². The van der Waals surface area contributed by atoms with Crippen molar-refractivity contribution in [3.63, 3.8) is 0 Å². The highest BCUT2D eigenvalue weighted by atomic mass is 16.5. The van der Waals surface area contributed by atoms with Crippen molar-refractivity contribution < 1.29 is 9.47 Å². The van der Waals surface area contributed by atoms with E-state index < -0.39 is 11.2 Å². The van der Waals surface area contributed by atoms with Crippen molar-refractivity contribution in [2.75, 3.05) is 7.11 Å². The summed E-state index contributed by atoms with van der Waals surface area (Å²) in [7, 11) is 1.55. The lowest BCUT2D eigenvalue weighted by atomic mass is 10.1. The molecule has 4 rings (SSSR count). The van der Waals surface area contributed by atoms with Crippen molar-refractivity contribution in [3.8, 4) is 11.5 Å². The van der Waals surface area contributed by atoms with Gasteiger partial charge in [-0.2, -0.15) is 5.10 Å². The Morgan fingerprint density at radius 3 is 2.55 bits per heavy atom. The fourth-order valence-electron chi connectivity index (χ4n) is 3.17. The summed E-state index contributed by atoms with van der Waals surface area (Å²) in [6, 6.07) is 20.1. The van der Waals surface area contributed by atoms with Crippen LogP contribution < -0.4 is 20.7 Å². The normalized spacial score (nSPS) is 11.2. The van der Waals surface area contributed by atoms with E-state index in [1.165, 1.54) is 11.8 Å². The Labute approximate surface area is 178 Å². The molecule has 0 aliphatic carbocycles. The van der Waals surface area contributed by atoms with Gasteiger partial charge in [-0.05, 0) is 36.8 Å². The van der Waals surface area contributed by atoms with Crippen LogP contribution in [0.15, 0.2) is 81.4 Å². The van der Waals surface area contributed by atoms with Crippen molar-refractivity contribution in [2.24, 2.45) is 5.10 Å². The highest BCUT2D eigenvalue weighted by Crippen LogP contribution is 2.30. The summed E-state index contributed by atoms with van der Waals surface area (Å²) in [5, 5.41) is 4.50. The molecule has 3 aromatic carbocycles. The van der Waals surface area contributed by atoms with Gasteiger partial charge >= 0.3 is 5.69 Å². The molecule has 0 unspecified atom stereocenters. The number of para-hydroxylation sites is 2. The van der Waals surface area contributed by atoms with Crippen LogP contribution in [0.1, 0.15) is 16.7 Å². The summed E-state index contributed by atoms with van der Waals surface area (Å²) >= 11 is 0. The zero-order valence-electron chi connectivity index (χ0n) is 17.2. The van der Waals surface area contributed by atoms with Gasteiger partial charge in [-0.25, -0.2) is 4.79 Å². The molecule has 0 saturated heterocycles. The van der Waals surface area contributed by atoms with Crippen LogP contribution in [0, 0.1) is 6.92 Å². The monoisotopic (exact) mass is 415 g/mol. The van der Waals surface area contributed by atoms with Crippen LogP contribution in [0.5, 0.6) is 11.5 Å². The van der Waals surface area contributed by atoms with E-state index in [2.05, 4.69) is 10.1 Å². The third-order valence-corrected chi connectivity index (χ3v) is 4.83. The van der Waals surface area contributed by atoms with E-state index in [1.54, 1.807) is 49.6 Å². The molecule has 0 aliphatic heterocycles. The largest absolute Gasteiger partial charge is 0.493 e. The maximum atomic E-state index is 12.7. The van der Waals surface area contributed by atoms with Gasteiger partial charge in [-0.3, -0.25) is 4.79 Å². The molecule has 4 aromatic rings. The van der Waals surface area contributed by atoms with Gasteiger partial charge in [-0.15, -0.1) is 4.68 Å². The van der Waals surface area contributed by atoms with Crippen molar-refractivity contribution in [1.82, 2.24) is 9.66 Å². The van der Waals surface area contributed by atoms with E-state index in [-0.39, 0.29) is 0 Å². The zero-order valence-corrected chi connectivity index (χ0v) is 17.2. The Kier molecular flexibility index (Phi) is 5.66. The van der Waals surface area contributed by atoms with Gasteiger partial charge < -0.3 is 14.5 Å². The molecule has 156 valence electrons. The number of ether oxygens (including phenoxy) is 2. The minimum Gasteiger partial charge on any atom is -0.493 e. The first-order chi connectivity index (χ1) is 15.1. The molecule has 0 atom stereocenters. The second kappa shape index (κ2) is 8.71. The molecule has 0 aliphatic rings. The Bertz CT molecular complexity index is 1370. The molecule has 0 saturated carbocycles. The maximum Gasteiger partial charge on any atom is 0.349 e. The van der Waals surface area contributed by atoms with Crippen LogP contribution in [-0.2, 0) is 6.61 Å². The van der Waals surface area contributed by atoms with Crippen LogP contribution in [0.2, 0.25) is 0 Å². The van der Waals surface area contributed by atoms with Crippen LogP contribution in [0.3, 0.4) is 0 Å². The molecule has 0 bridgehead atoms. The smallest absolute Gasteiger partial charge is 0.349 e. The second-order valence-corrected chi connectivity index (χ2v) is 6.99. The molecule has 7 heteroatoms. The molecule has 31 heavy (non-hydrogen) atoms. The average molecular weight is 415 g/mol. The summed E-state index contributed by atoms with van der Waals surface area (Å²) in [5.41, 5.74) is 2.09. The number of methoxy groups -OCH3 is 1. The number of H-pyrrole nitrogens is 1. The van der Waals surface area contributed by atoms with Gasteiger partial charge in [0.2, 0.25) is 0 Å². The van der Waals surface area contributed by atoms with Crippen LogP contribution in [0.25, 0.3) is 10.9 Å². The maximum absolute atomic E-state index is 12.7. The molecule has 0 amide bonds. The molecular weight excluding hydrogens is 394 g/mol. The molecule has 0 radical (unpaired) electrons. The first-order valence-corrected chi connectivity index (χ1v) is 9.70. The molecular formula is C24H21N3O4. The van der Waals surface area contributed by atoms with Crippen molar-refractivity contribution in [1.29, 1.82) is 0 Å². The number of benzene rings is 3. The number of fused-ring (bicyclic) bond motifs is 1. The lowest BCUT2D eigenvalue weighted by Gasteiger charge is -2.13. The minimum atomic E-state index is -0.620. The minimum absolute atomic E-state index is 0.331. The zero-order chi connectivity index (χ0) is 21.8. The number of aromatic amines is 1. The summed E-state index contributed by atoms with van der Waals surface area (Å²) in [6.07, 6.45) is 1.42. The molecule has 1 heterocycles. The SMILES string of the molecule is COc1cccc(C=Nn2c(=O)[nH]c3ccccc3c2=O)c1OCc1ccc(C)cc1. The molecule has 1 N–H and O–H groups in total. The van der Waals surface area contributed by atoms with Crippen LogP contribution >= 0.6 is 0 Å². The van der Waals surface area contributed by atoms with E-state index in [0.717, 1.165) is 10.2 Å². The molecule has 7 nitrogen and oxygen atoms in total. The van der Waals surface area contributed by atoms with Gasteiger partial charge in [0.05, 0.1) is 24.2 Å². The van der Waals surface area contributed by atoms with Gasteiger partial charge in [-0.1, -0.05) is 48.0 Å². The highest BCUT2D eigenvalue weighted by Gasteiger charge is 2.11. The molecule has 0 spiro atoms. The number of nitrogens with one attached hydrogen (secondary N) is 1. The van der Waals surface area contributed by atoms with E-state index >= 15 is 0 Å². The van der Waals surface area contributed by atoms with Gasteiger partial charge in [0, 0.05) is 5.56 Å². The van der Waals surface area contributed by atoms with Crippen molar-refractivity contribution >= 4 is 17.1 Å². The summed E-state index contributed by atoms with van der Waals surface area (Å²) in [6.45, 7) is 2.36. The number of aromatic nitrogens is 2. The fourth-order valence-corrected chi connectivity index (χ4v) is 3.17. The summed E-state index contributed by atoms with van der Waals surface area (Å²) in [5.74, 6) is 0.996. The number of rotatable bonds is 6. The lowest BCUT2D eigenvalue weighted by molar-refractivity contribution is 0.284. The summed E-state index contributed by atoms with van der Waals surface area (Å²) in [4.78, 5) is 27.7. The Balaban J connectivity index is 1.69. The van der Waals surface area contributed by atoms with Crippen LogP contribution in [0.4, 0.5) is 0 Å². The topological polar surface area (TPSA) is 85.7 Å². The molecule has 1 aromatic heterocycles. The Hall–Kier alpha value is -4.13. The van der Waals surface area contributed by atoms with Gasteiger partial charge in [0.15, 0.2) is 11.5 Å². The number of aryl methyl sites for hydroxylation is 1. The first kappa shape index (κ1) is 20.2. The Morgan fingerprint density at radius 1 is 1.00 bits per heavy atom. The predicted molar refractivity (Wildman–Crippen MR) is 120 cm³/mol. The molecule has 0 fully saturated rings. The van der Waals surface area contributed by atoms with E-state index in [4.69, 9.17) is 9.47 Å². The third kappa shape index (κ3) is 4.25. The van der Waals surface area contributed by atoms with Crippen molar-refractivity contribution in [2.45, 2.75) is 13.5 Å². The average Bonchev–Trinajstić information content (AvgIpc) is 2.78. The number of nitrogens with zero attached hydrogens (tertiary/aromatic N) is 2. The van der Waals surface area contributed by atoms with Gasteiger partial charge in [0.25, 0.3) is 5.56 Å². The van der Waals surface area contributed by atoms with Crippen LogP contribution in [-0.4, -0.2) is 23.0 Å². The Morgan fingerprint density at radius 2 is 1.77 bits per heavy atom. The first-order valence-electron chi connectivity index (χ1n) is 9.70. The highest BCUT2D eigenvalue weighted by molar-refractivity contribution is 5.85. The quantitative estimate of drug-likeness (QED) is 0.489. The van der Waals surface area contributed by atoms with E-state index in [9.17, 15) is 9.59 Å². The lowest BCUT2D eigenvalue weighted by Crippen LogP contribution is -2.32. The summed E-state index contributed by atoms with van der Waals surface area (Å²) < 4.78 is 12.2. The number of hydrogen-bond donors (Lipinski definition) is 1. The fraction of sp³-hybridized carbons (Fsp3) is 0.125.